The minimum Gasteiger partial charge on any atom is -0.382 e. The Labute approximate surface area is 153 Å². The highest BCUT2D eigenvalue weighted by Gasteiger charge is 2.17. The molecule has 2 N–H and O–H groups in total. The molecule has 0 radical (unpaired) electrons. The van der Waals surface area contributed by atoms with Crippen LogP contribution in [0.5, 0.6) is 0 Å². The number of aryl methyl sites for hydroxylation is 1. The molecule has 0 bridgehead atoms. The van der Waals surface area contributed by atoms with Gasteiger partial charge in [-0.1, -0.05) is 42.5 Å². The fourth-order valence-electron chi connectivity index (χ4n) is 2.67. The number of nitrogens with two attached hydrogens (primary N) is 1. The molecule has 4 aromatic rings. The number of nitrogens with zero attached hydrogens (tertiary/aromatic N) is 4. The summed E-state index contributed by atoms with van der Waals surface area (Å²) in [6.07, 6.45) is 1.00. The van der Waals surface area contributed by atoms with E-state index < -0.39 is 0 Å². The maximum Gasteiger partial charge on any atom is 0.165 e. The van der Waals surface area contributed by atoms with Gasteiger partial charge in [0.1, 0.15) is 10.8 Å². The zero-order valence-corrected chi connectivity index (χ0v) is 14.9. The molecule has 0 saturated carbocycles. The van der Waals surface area contributed by atoms with Crippen LogP contribution in [0.3, 0.4) is 0 Å². The van der Waals surface area contributed by atoms with Crippen LogP contribution in [0, 0.1) is 5.82 Å². The number of anilines is 1. The SMILES string of the molecule is CCc1ccc(-c2csc(-c3nnn(-c4cccc(F)c4)c3N)n2)cc1. The Balaban J connectivity index is 1.68. The lowest BCUT2D eigenvalue weighted by atomic mass is 10.1. The lowest BCUT2D eigenvalue weighted by Crippen LogP contribution is -2.02. The van der Waals surface area contributed by atoms with E-state index in [2.05, 4.69) is 46.5 Å². The van der Waals surface area contributed by atoms with Gasteiger partial charge in [0.05, 0.1) is 11.4 Å². The standard InChI is InChI=1S/C19H16FN5S/c1-2-12-6-8-13(9-7-12)16-11-26-19(22-16)17-18(21)25(24-23-17)15-5-3-4-14(20)10-15/h3-11H,2,21H2,1H3. The molecular formula is C19H16FN5S. The molecule has 0 saturated heterocycles. The van der Waals surface area contributed by atoms with Gasteiger partial charge in [0.15, 0.2) is 11.5 Å². The van der Waals surface area contributed by atoms with Crippen LogP contribution < -0.4 is 5.73 Å². The maximum atomic E-state index is 13.4. The predicted octanol–water partition coefficient (Wildman–Crippen LogP) is 4.34. The average molecular weight is 365 g/mol. The molecular weight excluding hydrogens is 349 g/mol. The Kier molecular flexibility index (Phi) is 4.22. The molecule has 0 amide bonds. The molecule has 2 aromatic carbocycles. The van der Waals surface area contributed by atoms with Gasteiger partial charge in [-0.05, 0) is 30.2 Å². The molecule has 0 spiro atoms. The highest BCUT2D eigenvalue weighted by Crippen LogP contribution is 2.31. The van der Waals surface area contributed by atoms with E-state index in [-0.39, 0.29) is 5.82 Å². The monoisotopic (exact) mass is 365 g/mol. The number of rotatable bonds is 4. The van der Waals surface area contributed by atoms with E-state index in [4.69, 9.17) is 5.73 Å². The lowest BCUT2D eigenvalue weighted by molar-refractivity contribution is 0.625. The van der Waals surface area contributed by atoms with Crippen LogP contribution in [0.15, 0.2) is 53.9 Å². The summed E-state index contributed by atoms with van der Waals surface area (Å²) in [6, 6.07) is 14.4. The van der Waals surface area contributed by atoms with Crippen molar-refractivity contribution in [1.82, 2.24) is 20.0 Å². The Morgan fingerprint density at radius 3 is 2.69 bits per heavy atom. The summed E-state index contributed by atoms with van der Waals surface area (Å²) in [6.45, 7) is 2.13. The van der Waals surface area contributed by atoms with Gasteiger partial charge < -0.3 is 5.73 Å². The van der Waals surface area contributed by atoms with Crippen molar-refractivity contribution in [1.29, 1.82) is 0 Å². The van der Waals surface area contributed by atoms with Gasteiger partial charge in [-0.25, -0.2) is 9.37 Å². The van der Waals surface area contributed by atoms with Gasteiger partial charge in [0, 0.05) is 10.9 Å². The summed E-state index contributed by atoms with van der Waals surface area (Å²) in [5, 5.41) is 10.8. The van der Waals surface area contributed by atoms with Gasteiger partial charge in [0.2, 0.25) is 0 Å². The van der Waals surface area contributed by atoms with E-state index in [0.717, 1.165) is 17.7 Å². The van der Waals surface area contributed by atoms with Gasteiger partial charge in [-0.2, -0.15) is 4.68 Å². The molecule has 26 heavy (non-hydrogen) atoms. The van der Waals surface area contributed by atoms with Crippen LogP contribution in [-0.4, -0.2) is 20.0 Å². The summed E-state index contributed by atoms with van der Waals surface area (Å²) >= 11 is 1.45. The second kappa shape index (κ2) is 6.68. The first-order valence-electron chi connectivity index (χ1n) is 8.18. The molecule has 0 fully saturated rings. The molecule has 0 aliphatic carbocycles. The smallest absolute Gasteiger partial charge is 0.165 e. The third-order valence-electron chi connectivity index (χ3n) is 4.12. The first kappa shape index (κ1) is 16.4. The number of aromatic nitrogens is 4. The van der Waals surface area contributed by atoms with Crippen LogP contribution in [0.4, 0.5) is 10.2 Å². The Bertz CT molecular complexity index is 1050. The van der Waals surface area contributed by atoms with Gasteiger partial charge in [0.25, 0.3) is 0 Å². The molecule has 4 rings (SSSR count). The summed E-state index contributed by atoms with van der Waals surface area (Å²) < 4.78 is 14.9. The maximum absolute atomic E-state index is 13.4. The Hall–Kier alpha value is -3.06. The van der Waals surface area contributed by atoms with E-state index in [0.29, 0.717) is 22.2 Å². The van der Waals surface area contributed by atoms with E-state index in [1.807, 2.05) is 5.38 Å². The van der Waals surface area contributed by atoms with Crippen LogP contribution in [0.1, 0.15) is 12.5 Å². The Morgan fingerprint density at radius 1 is 1.15 bits per heavy atom. The van der Waals surface area contributed by atoms with Crippen LogP contribution in [0.2, 0.25) is 0 Å². The van der Waals surface area contributed by atoms with Gasteiger partial charge in [-0.15, -0.1) is 16.4 Å². The molecule has 130 valence electrons. The Morgan fingerprint density at radius 2 is 1.96 bits per heavy atom. The van der Waals surface area contributed by atoms with E-state index in [9.17, 15) is 4.39 Å². The van der Waals surface area contributed by atoms with E-state index >= 15 is 0 Å². The van der Waals surface area contributed by atoms with Crippen molar-refractivity contribution in [3.8, 4) is 27.6 Å². The van der Waals surface area contributed by atoms with E-state index in [1.54, 1.807) is 12.1 Å². The first-order chi connectivity index (χ1) is 12.7. The fraction of sp³-hybridized carbons (Fsp3) is 0.105. The second-order valence-corrected chi connectivity index (χ2v) is 6.66. The van der Waals surface area contributed by atoms with Crippen LogP contribution in [0.25, 0.3) is 27.6 Å². The van der Waals surface area contributed by atoms with Crippen molar-refractivity contribution < 1.29 is 4.39 Å². The lowest BCUT2D eigenvalue weighted by Gasteiger charge is -2.02. The minimum absolute atomic E-state index is 0.331. The van der Waals surface area contributed by atoms with Gasteiger partial charge >= 0.3 is 0 Å². The van der Waals surface area contributed by atoms with Crippen molar-refractivity contribution >= 4 is 17.2 Å². The number of nitrogen functional groups attached to an aromatic ring is 1. The molecule has 2 aromatic heterocycles. The molecule has 0 unspecified atom stereocenters. The van der Waals surface area contributed by atoms with Crippen molar-refractivity contribution in [3.63, 3.8) is 0 Å². The molecule has 7 heteroatoms. The number of halogens is 1. The zero-order chi connectivity index (χ0) is 18.1. The number of hydrogen-bond donors (Lipinski definition) is 1. The molecule has 5 nitrogen and oxygen atoms in total. The summed E-state index contributed by atoms with van der Waals surface area (Å²) in [7, 11) is 0. The molecule has 0 aliphatic rings. The largest absolute Gasteiger partial charge is 0.382 e. The normalized spacial score (nSPS) is 11.0. The van der Waals surface area contributed by atoms with Crippen LogP contribution >= 0.6 is 11.3 Å². The zero-order valence-electron chi connectivity index (χ0n) is 14.1. The van der Waals surface area contributed by atoms with Crippen molar-refractivity contribution in [2.24, 2.45) is 0 Å². The quantitative estimate of drug-likeness (QED) is 0.584. The topological polar surface area (TPSA) is 69.6 Å². The number of thiazole rings is 1. The van der Waals surface area contributed by atoms with Gasteiger partial charge in [-0.3, -0.25) is 0 Å². The van der Waals surface area contributed by atoms with E-state index in [1.165, 1.54) is 33.7 Å². The molecule has 0 atom stereocenters. The summed E-state index contributed by atoms with van der Waals surface area (Å²) in [5.41, 5.74) is 10.4. The number of hydrogen-bond acceptors (Lipinski definition) is 5. The van der Waals surface area contributed by atoms with Crippen molar-refractivity contribution in [2.75, 3.05) is 5.73 Å². The molecule has 0 aliphatic heterocycles. The minimum atomic E-state index is -0.356. The fourth-order valence-corrected chi connectivity index (χ4v) is 3.49. The third-order valence-corrected chi connectivity index (χ3v) is 4.97. The molecule has 2 heterocycles. The van der Waals surface area contributed by atoms with Crippen molar-refractivity contribution in [2.45, 2.75) is 13.3 Å². The summed E-state index contributed by atoms with van der Waals surface area (Å²) in [5.74, 6) is -0.0242. The predicted molar refractivity (Wildman–Crippen MR) is 102 cm³/mol. The average Bonchev–Trinajstić information content (AvgIpc) is 3.28. The highest BCUT2D eigenvalue weighted by atomic mass is 32.1. The van der Waals surface area contributed by atoms with Crippen molar-refractivity contribution in [3.05, 3.63) is 65.3 Å². The number of benzene rings is 2. The summed E-state index contributed by atoms with van der Waals surface area (Å²) in [4.78, 5) is 4.64. The third kappa shape index (κ3) is 2.97. The highest BCUT2D eigenvalue weighted by molar-refractivity contribution is 7.13. The van der Waals surface area contributed by atoms with Crippen LogP contribution in [-0.2, 0) is 6.42 Å². The first-order valence-corrected chi connectivity index (χ1v) is 9.06. The second-order valence-electron chi connectivity index (χ2n) is 5.80.